The molecule has 0 aromatic carbocycles. The fraction of sp³-hybridized carbons (Fsp3) is 1.00. The van der Waals surface area contributed by atoms with E-state index in [0.717, 1.165) is 6.54 Å². The third-order valence-corrected chi connectivity index (χ3v) is 4.80. The Bertz CT molecular complexity index is 247. The van der Waals surface area contributed by atoms with E-state index in [1.54, 1.807) is 0 Å². The molecule has 2 rings (SSSR count). The van der Waals surface area contributed by atoms with Gasteiger partial charge in [0.2, 0.25) is 0 Å². The second-order valence-electron chi connectivity index (χ2n) is 5.97. The lowest BCUT2D eigenvalue weighted by Crippen LogP contribution is -2.50. The van der Waals surface area contributed by atoms with Crippen LogP contribution in [-0.4, -0.2) is 49.3 Å². The van der Waals surface area contributed by atoms with Crippen LogP contribution in [0.2, 0.25) is 0 Å². The van der Waals surface area contributed by atoms with Gasteiger partial charge in [-0.3, -0.25) is 4.90 Å². The molecule has 4 atom stereocenters. The fourth-order valence-corrected chi connectivity index (χ4v) is 3.71. The van der Waals surface area contributed by atoms with Crippen molar-refractivity contribution in [3.05, 3.63) is 0 Å². The zero-order valence-corrected chi connectivity index (χ0v) is 12.3. The number of unbranched alkanes of at least 4 members (excludes halogenated alkanes) is 1. The lowest BCUT2D eigenvalue weighted by molar-refractivity contribution is 0.0450. The molecule has 2 aliphatic rings. The predicted octanol–water partition coefficient (Wildman–Crippen LogP) is 2.41. The predicted molar refractivity (Wildman–Crippen MR) is 75.9 cm³/mol. The Morgan fingerprint density at radius 3 is 2.94 bits per heavy atom. The molecule has 3 nitrogen and oxygen atoms in total. The molecule has 106 valence electrons. The second kappa shape index (κ2) is 6.88. The monoisotopic (exact) mass is 254 g/mol. The molecule has 0 aliphatic carbocycles. The lowest BCUT2D eigenvalue weighted by atomic mass is 10.0. The first-order chi connectivity index (χ1) is 8.77. The van der Waals surface area contributed by atoms with Gasteiger partial charge in [-0.1, -0.05) is 19.8 Å². The number of rotatable bonds is 6. The van der Waals surface area contributed by atoms with Crippen molar-refractivity contribution < 1.29 is 4.74 Å². The van der Waals surface area contributed by atoms with Crippen LogP contribution in [0, 0.1) is 0 Å². The number of ether oxygens (including phenoxy) is 1. The van der Waals surface area contributed by atoms with Gasteiger partial charge in [-0.05, 0) is 45.7 Å². The van der Waals surface area contributed by atoms with E-state index in [2.05, 4.69) is 24.1 Å². The van der Waals surface area contributed by atoms with Crippen LogP contribution in [0.15, 0.2) is 0 Å². The van der Waals surface area contributed by atoms with E-state index in [9.17, 15) is 0 Å². The van der Waals surface area contributed by atoms with Gasteiger partial charge < -0.3 is 10.1 Å². The molecule has 18 heavy (non-hydrogen) atoms. The Kier molecular flexibility index (Phi) is 5.46. The molecule has 0 radical (unpaired) electrons. The number of nitrogens with one attached hydrogen (secondary N) is 1. The van der Waals surface area contributed by atoms with Crippen molar-refractivity contribution in [2.24, 2.45) is 0 Å². The highest BCUT2D eigenvalue weighted by molar-refractivity contribution is 5.00. The number of hydrogen-bond acceptors (Lipinski definition) is 3. The largest absolute Gasteiger partial charge is 0.380 e. The van der Waals surface area contributed by atoms with E-state index in [1.165, 1.54) is 45.1 Å². The Morgan fingerprint density at radius 1 is 1.39 bits per heavy atom. The maximum absolute atomic E-state index is 5.72. The van der Waals surface area contributed by atoms with Crippen molar-refractivity contribution in [3.8, 4) is 0 Å². The summed E-state index contributed by atoms with van der Waals surface area (Å²) in [7, 11) is 1.88. The molecule has 3 heteroatoms. The Morgan fingerprint density at radius 2 is 2.22 bits per heavy atom. The van der Waals surface area contributed by atoms with Crippen LogP contribution >= 0.6 is 0 Å². The zero-order valence-electron chi connectivity index (χ0n) is 12.3. The summed E-state index contributed by atoms with van der Waals surface area (Å²) in [5, 5.41) is 3.71. The highest BCUT2D eigenvalue weighted by atomic mass is 16.5. The molecule has 2 aliphatic heterocycles. The molecule has 0 bridgehead atoms. The normalized spacial score (nSPS) is 34.5. The number of hydrogen-bond donors (Lipinski definition) is 1. The quantitative estimate of drug-likeness (QED) is 0.737. The molecule has 2 saturated heterocycles. The Labute approximate surface area is 112 Å². The van der Waals surface area contributed by atoms with E-state index in [1.807, 2.05) is 7.11 Å². The van der Waals surface area contributed by atoms with Crippen LogP contribution < -0.4 is 5.32 Å². The molecule has 2 fully saturated rings. The van der Waals surface area contributed by atoms with Gasteiger partial charge in [0, 0.05) is 25.2 Å². The average Bonchev–Trinajstić information content (AvgIpc) is 2.78. The van der Waals surface area contributed by atoms with Gasteiger partial charge in [0.05, 0.1) is 6.10 Å². The van der Waals surface area contributed by atoms with Crippen LogP contribution in [0.3, 0.4) is 0 Å². The molecule has 0 saturated carbocycles. The van der Waals surface area contributed by atoms with Gasteiger partial charge >= 0.3 is 0 Å². The first-order valence-electron chi connectivity index (χ1n) is 7.79. The summed E-state index contributed by atoms with van der Waals surface area (Å²) < 4.78 is 5.72. The molecule has 0 aromatic rings. The number of fused-ring (bicyclic) bond motifs is 1. The molecule has 0 aromatic heterocycles. The van der Waals surface area contributed by atoms with E-state index in [-0.39, 0.29) is 0 Å². The van der Waals surface area contributed by atoms with Crippen molar-refractivity contribution in [2.45, 2.75) is 76.6 Å². The summed E-state index contributed by atoms with van der Waals surface area (Å²) in [6.45, 7) is 7.03. The summed E-state index contributed by atoms with van der Waals surface area (Å²) in [4.78, 5) is 2.72. The van der Waals surface area contributed by atoms with E-state index >= 15 is 0 Å². The SMILES string of the molecule is CCCCNC(C)[C@@H]1C[C@H](OC)[C@@H]2CCCCN12. The Balaban J connectivity index is 1.91. The summed E-state index contributed by atoms with van der Waals surface area (Å²) in [5.41, 5.74) is 0. The van der Waals surface area contributed by atoms with Crippen molar-refractivity contribution in [1.82, 2.24) is 10.2 Å². The molecule has 2 heterocycles. The van der Waals surface area contributed by atoms with Crippen LogP contribution in [0.5, 0.6) is 0 Å². The third-order valence-electron chi connectivity index (χ3n) is 4.80. The smallest absolute Gasteiger partial charge is 0.0742 e. The van der Waals surface area contributed by atoms with Crippen LogP contribution in [0.25, 0.3) is 0 Å². The van der Waals surface area contributed by atoms with Crippen LogP contribution in [0.4, 0.5) is 0 Å². The van der Waals surface area contributed by atoms with Crippen LogP contribution in [-0.2, 0) is 4.74 Å². The lowest BCUT2D eigenvalue weighted by Gasteiger charge is -2.37. The van der Waals surface area contributed by atoms with Crippen LogP contribution in [0.1, 0.15) is 52.4 Å². The molecule has 0 amide bonds. The van der Waals surface area contributed by atoms with Crippen molar-refractivity contribution in [3.63, 3.8) is 0 Å². The molecular formula is C15H30N2O. The number of nitrogens with zero attached hydrogens (tertiary/aromatic N) is 1. The second-order valence-corrected chi connectivity index (χ2v) is 5.97. The number of piperidine rings is 1. The maximum atomic E-state index is 5.72. The maximum Gasteiger partial charge on any atom is 0.0742 e. The van der Waals surface area contributed by atoms with Crippen molar-refractivity contribution in [1.29, 1.82) is 0 Å². The van der Waals surface area contributed by atoms with Gasteiger partial charge in [-0.2, -0.15) is 0 Å². The highest BCUT2D eigenvalue weighted by Gasteiger charge is 2.43. The fourth-order valence-electron chi connectivity index (χ4n) is 3.71. The average molecular weight is 254 g/mol. The summed E-state index contributed by atoms with van der Waals surface area (Å²) in [5.74, 6) is 0. The standard InChI is InChI=1S/C15H30N2O/c1-4-5-9-16-12(2)14-11-15(18-3)13-8-6-7-10-17(13)14/h12-16H,4-11H2,1-3H3/t12?,13-,14-,15-/m0/s1. The van der Waals surface area contributed by atoms with Gasteiger partial charge in [-0.25, -0.2) is 0 Å². The van der Waals surface area contributed by atoms with Crippen molar-refractivity contribution >= 4 is 0 Å². The van der Waals surface area contributed by atoms with E-state index in [4.69, 9.17) is 4.74 Å². The van der Waals surface area contributed by atoms with Crippen molar-refractivity contribution in [2.75, 3.05) is 20.2 Å². The van der Waals surface area contributed by atoms with Gasteiger partial charge in [0.25, 0.3) is 0 Å². The topological polar surface area (TPSA) is 24.5 Å². The van der Waals surface area contributed by atoms with Gasteiger partial charge in [0.15, 0.2) is 0 Å². The highest BCUT2D eigenvalue weighted by Crippen LogP contribution is 2.34. The minimum atomic E-state index is 0.464. The molecule has 1 unspecified atom stereocenters. The third kappa shape index (κ3) is 3.06. The van der Waals surface area contributed by atoms with E-state index < -0.39 is 0 Å². The summed E-state index contributed by atoms with van der Waals surface area (Å²) in [6.07, 6.45) is 8.31. The zero-order chi connectivity index (χ0) is 13.0. The first-order valence-corrected chi connectivity index (χ1v) is 7.79. The van der Waals surface area contributed by atoms with Gasteiger partial charge in [-0.15, -0.1) is 0 Å². The van der Waals surface area contributed by atoms with E-state index in [0.29, 0.717) is 24.2 Å². The summed E-state index contributed by atoms with van der Waals surface area (Å²) >= 11 is 0. The molecule has 1 N–H and O–H groups in total. The molecular weight excluding hydrogens is 224 g/mol. The minimum Gasteiger partial charge on any atom is -0.380 e. The van der Waals surface area contributed by atoms with Gasteiger partial charge in [0.1, 0.15) is 0 Å². The minimum absolute atomic E-state index is 0.464. The molecule has 0 spiro atoms. The first kappa shape index (κ1) is 14.3. The summed E-state index contributed by atoms with van der Waals surface area (Å²) in [6, 6.07) is 1.96. The number of methoxy groups -OCH3 is 1. The Hall–Kier alpha value is -0.120.